The number of nitriles is 2. The van der Waals surface area contributed by atoms with Crippen LogP contribution in [0.1, 0.15) is 63.7 Å². The van der Waals surface area contributed by atoms with Crippen LogP contribution in [-0.4, -0.2) is 51.1 Å². The molecule has 0 atom stereocenters. The van der Waals surface area contributed by atoms with E-state index in [-0.39, 0.29) is 63.8 Å². The Kier molecular flexibility index (Phi) is 19.3. The van der Waals surface area contributed by atoms with E-state index in [1.807, 2.05) is 6.07 Å². The lowest BCUT2D eigenvalue weighted by Crippen LogP contribution is -2.30. The van der Waals surface area contributed by atoms with Crippen LogP contribution in [0.2, 0.25) is 0 Å². The van der Waals surface area contributed by atoms with E-state index in [2.05, 4.69) is 26.6 Å². The third kappa shape index (κ3) is 16.2. The molecule has 0 aliphatic rings. The van der Waals surface area contributed by atoms with Gasteiger partial charge in [0.15, 0.2) is 0 Å². The number of ether oxygens (including phenoxy) is 2. The third-order valence-electron chi connectivity index (χ3n) is 10.5. The van der Waals surface area contributed by atoms with Gasteiger partial charge in [0.1, 0.15) is 46.3 Å². The van der Waals surface area contributed by atoms with E-state index < -0.39 is 42.4 Å². The van der Waals surface area contributed by atoms with Gasteiger partial charge in [-0.2, -0.15) is 10.5 Å². The van der Waals surface area contributed by atoms with Gasteiger partial charge in [0.05, 0.1) is 45.5 Å². The summed E-state index contributed by atoms with van der Waals surface area (Å²) < 4.78 is 65.2. The number of rotatable bonds is 14. The Morgan fingerprint density at radius 3 is 1.38 bits per heavy atom. The van der Waals surface area contributed by atoms with Gasteiger partial charge in [0, 0.05) is 17.6 Å². The van der Waals surface area contributed by atoms with Crippen molar-refractivity contribution in [3.05, 3.63) is 242 Å². The topological polar surface area (TPSA) is 239 Å². The van der Waals surface area contributed by atoms with E-state index in [0.29, 0.717) is 44.0 Å². The SMILES string of the molecule is N#Cc1cc(F)cc(-c2ccc(Oc3ccc(F)cc3)c(C(=O)NCc3ccc(C(=O)O)cc3)c2)c1.N#Cc1cc(F)cc(B(O)O)c1.O=C(O)c1ccc(CNC(=O)c2cc(Br)ccc2Oc2ccc(F)cc2)cc1. The molecule has 8 aromatic rings. The molecule has 8 rings (SSSR count). The lowest BCUT2D eigenvalue weighted by molar-refractivity contribution is 0.0686. The van der Waals surface area contributed by atoms with Crippen LogP contribution in [-0.2, 0) is 13.1 Å². The summed E-state index contributed by atoms with van der Waals surface area (Å²) in [6.45, 7) is 0.332. The second-order valence-electron chi connectivity index (χ2n) is 15.9. The maximum Gasteiger partial charge on any atom is 0.488 e. The van der Waals surface area contributed by atoms with Crippen molar-refractivity contribution in [1.82, 2.24) is 10.6 Å². The Balaban J connectivity index is 0.000000207. The van der Waals surface area contributed by atoms with Gasteiger partial charge < -0.3 is 40.4 Å². The molecule has 14 nitrogen and oxygen atoms in total. The zero-order valence-electron chi connectivity index (χ0n) is 39.2. The molecule has 0 radical (unpaired) electrons. The molecule has 6 N–H and O–H groups in total. The van der Waals surface area contributed by atoms with Crippen LogP contribution in [0.5, 0.6) is 23.0 Å². The summed E-state index contributed by atoms with van der Waals surface area (Å²) in [6, 6.07) is 43.4. The average Bonchev–Trinajstić information content (AvgIpc) is 3.41. The first-order chi connectivity index (χ1) is 36.4. The molecule has 20 heteroatoms. The Bertz CT molecular complexity index is 3490. The largest absolute Gasteiger partial charge is 0.488 e. The Morgan fingerprint density at radius 1 is 0.500 bits per heavy atom. The fourth-order valence-corrected chi connectivity index (χ4v) is 7.10. The van der Waals surface area contributed by atoms with Crippen molar-refractivity contribution in [2.24, 2.45) is 0 Å². The first-order valence-electron chi connectivity index (χ1n) is 22.2. The molecule has 0 saturated carbocycles. The fourth-order valence-electron chi connectivity index (χ4n) is 6.74. The van der Waals surface area contributed by atoms with Crippen molar-refractivity contribution >= 4 is 52.3 Å². The molecule has 2 amide bonds. The van der Waals surface area contributed by atoms with Crippen LogP contribution in [0.25, 0.3) is 11.1 Å². The first kappa shape index (κ1) is 55.7. The van der Waals surface area contributed by atoms with Crippen LogP contribution in [0.3, 0.4) is 0 Å². The number of hydrogen-bond donors (Lipinski definition) is 6. The molecular formula is C56H38BBrF4N4O10. The second-order valence-corrected chi connectivity index (χ2v) is 16.8. The molecule has 380 valence electrons. The molecule has 0 unspecified atom stereocenters. The minimum Gasteiger partial charge on any atom is -0.478 e. The molecule has 0 aliphatic carbocycles. The number of carboxylic acids is 2. The van der Waals surface area contributed by atoms with E-state index in [1.165, 1.54) is 103 Å². The van der Waals surface area contributed by atoms with Crippen molar-refractivity contribution < 1.29 is 66.5 Å². The number of aromatic carboxylic acids is 2. The first-order valence-corrected chi connectivity index (χ1v) is 23.0. The highest BCUT2D eigenvalue weighted by Gasteiger charge is 2.18. The zero-order chi connectivity index (χ0) is 54.9. The smallest absolute Gasteiger partial charge is 0.478 e. The number of carboxylic acid groups (broad SMARTS) is 2. The van der Waals surface area contributed by atoms with Gasteiger partial charge >= 0.3 is 19.1 Å². The number of nitrogens with one attached hydrogen (secondary N) is 2. The Hall–Kier alpha value is -9.60. The summed E-state index contributed by atoms with van der Waals surface area (Å²) in [5.74, 6) is -3.78. The average molecular weight is 1090 g/mol. The maximum absolute atomic E-state index is 14.0. The number of hydrogen-bond acceptors (Lipinski definition) is 10. The second kappa shape index (κ2) is 26.4. The number of nitrogens with zero attached hydrogens (tertiary/aromatic N) is 2. The minimum atomic E-state index is -1.74. The molecule has 0 aromatic heterocycles. The van der Waals surface area contributed by atoms with Crippen LogP contribution >= 0.6 is 15.9 Å². The van der Waals surface area contributed by atoms with Crippen LogP contribution < -0.4 is 25.6 Å². The van der Waals surface area contributed by atoms with Crippen molar-refractivity contribution in [1.29, 1.82) is 10.5 Å². The molecule has 0 fully saturated rings. The molecule has 0 aliphatic heterocycles. The van der Waals surface area contributed by atoms with Gasteiger partial charge in [-0.15, -0.1) is 0 Å². The molecule has 0 saturated heterocycles. The van der Waals surface area contributed by atoms with Gasteiger partial charge in [0.2, 0.25) is 0 Å². The van der Waals surface area contributed by atoms with Gasteiger partial charge in [-0.25, -0.2) is 27.2 Å². The summed E-state index contributed by atoms with van der Waals surface area (Å²) in [5.41, 5.74) is 3.23. The molecule has 0 spiro atoms. The highest BCUT2D eigenvalue weighted by Crippen LogP contribution is 2.32. The van der Waals surface area contributed by atoms with Gasteiger partial charge in [-0.05, 0) is 167 Å². The fraction of sp³-hybridized carbons (Fsp3) is 0.0357. The van der Waals surface area contributed by atoms with E-state index >= 15 is 0 Å². The lowest BCUT2D eigenvalue weighted by atomic mass is 9.79. The van der Waals surface area contributed by atoms with Gasteiger partial charge in [-0.1, -0.05) is 46.3 Å². The number of halogens is 5. The molecule has 8 aromatic carbocycles. The molecular weight excluding hydrogens is 1060 g/mol. The predicted molar refractivity (Wildman–Crippen MR) is 274 cm³/mol. The number of carbonyl (C=O) groups is 4. The van der Waals surface area contributed by atoms with Crippen molar-refractivity contribution in [3.8, 4) is 46.3 Å². The Labute approximate surface area is 439 Å². The summed E-state index contributed by atoms with van der Waals surface area (Å²) in [4.78, 5) is 47.7. The summed E-state index contributed by atoms with van der Waals surface area (Å²) in [6.07, 6.45) is 0. The number of benzene rings is 8. The van der Waals surface area contributed by atoms with Gasteiger partial charge in [-0.3, -0.25) is 9.59 Å². The van der Waals surface area contributed by atoms with Crippen molar-refractivity contribution in [2.75, 3.05) is 0 Å². The molecule has 0 heterocycles. The quantitative estimate of drug-likeness (QED) is 0.0440. The summed E-state index contributed by atoms with van der Waals surface area (Å²) in [5, 5.41) is 58.4. The van der Waals surface area contributed by atoms with E-state index in [4.69, 9.17) is 40.3 Å². The number of carbonyl (C=O) groups excluding carboxylic acids is 2. The molecule has 76 heavy (non-hydrogen) atoms. The van der Waals surface area contributed by atoms with E-state index in [0.717, 1.165) is 23.8 Å². The van der Waals surface area contributed by atoms with E-state index in [1.54, 1.807) is 54.6 Å². The normalized spacial score (nSPS) is 10.2. The van der Waals surface area contributed by atoms with Gasteiger partial charge in [0.25, 0.3) is 11.8 Å². The highest BCUT2D eigenvalue weighted by molar-refractivity contribution is 9.10. The van der Waals surface area contributed by atoms with Crippen molar-refractivity contribution in [2.45, 2.75) is 13.1 Å². The molecule has 0 bridgehead atoms. The zero-order valence-corrected chi connectivity index (χ0v) is 40.8. The summed E-state index contributed by atoms with van der Waals surface area (Å²) in [7, 11) is -1.74. The predicted octanol–water partition coefficient (Wildman–Crippen LogP) is 10.3. The van der Waals surface area contributed by atoms with Crippen molar-refractivity contribution in [3.63, 3.8) is 0 Å². The maximum atomic E-state index is 14.0. The van der Waals surface area contributed by atoms with Crippen LogP contribution in [0, 0.1) is 45.9 Å². The minimum absolute atomic E-state index is 0.0217. The van der Waals surface area contributed by atoms with Crippen LogP contribution in [0.15, 0.2) is 174 Å². The van der Waals surface area contributed by atoms with E-state index in [9.17, 15) is 36.7 Å². The standard InChI is InChI=1S/C28H18F2N2O4.C21H15BrFNO4.C7H5BFNO2/c29-22-6-8-24(9-7-22)36-26-10-5-20(21-11-18(15-31)12-23(30)13-21)14-25(26)27(33)32-16-17-1-3-19(4-2-17)28(34)35;22-15-5-10-19(28-17-8-6-16(23)7-9-17)18(11-15)20(25)24-12-13-1-3-14(4-2-13)21(26)27;9-7-2-5(4-10)1-6(3-7)8(11)12/h1-14H,16H2,(H,32,33)(H,34,35);1-11H,12H2,(H,24,25)(H,26,27);1-3,11-12H. The summed E-state index contributed by atoms with van der Waals surface area (Å²) >= 11 is 3.34. The number of amides is 2. The lowest BCUT2D eigenvalue weighted by Gasteiger charge is -2.14. The third-order valence-corrected chi connectivity index (χ3v) is 11.0. The highest BCUT2D eigenvalue weighted by atomic mass is 79.9. The van der Waals surface area contributed by atoms with Crippen LogP contribution in [0.4, 0.5) is 17.6 Å². The Morgan fingerprint density at radius 2 is 0.934 bits per heavy atom. The monoisotopic (exact) mass is 1090 g/mol.